The monoisotopic (exact) mass is 269 g/mol. The Hall–Kier alpha value is -1.08. The average Bonchev–Trinajstić information content (AvgIpc) is 2.41. The van der Waals surface area contributed by atoms with E-state index >= 15 is 0 Å². The van der Waals surface area contributed by atoms with E-state index < -0.39 is 6.10 Å². The van der Waals surface area contributed by atoms with Crippen LogP contribution in [0, 0.1) is 29.1 Å². The molecule has 0 aliphatic heterocycles. The quantitative estimate of drug-likeness (QED) is 0.635. The molecule has 0 aromatic carbocycles. The Morgan fingerprint density at radius 2 is 1.74 bits per heavy atom. The van der Waals surface area contributed by atoms with Crippen molar-refractivity contribution in [1.29, 1.82) is 5.26 Å². The van der Waals surface area contributed by atoms with E-state index in [0.29, 0.717) is 6.61 Å². The fraction of sp³-hybridized carbons (Fsp3) is 0.867. The van der Waals surface area contributed by atoms with Gasteiger partial charge in [-0.15, -0.1) is 0 Å². The van der Waals surface area contributed by atoms with Crippen LogP contribution < -0.4 is 0 Å². The lowest BCUT2D eigenvalue weighted by molar-refractivity contribution is -0.166. The van der Waals surface area contributed by atoms with E-state index in [-0.39, 0.29) is 29.8 Å². The van der Waals surface area contributed by atoms with Gasteiger partial charge in [0.15, 0.2) is 6.10 Å². The standard InChI is InChI=1S/C15H27NO3/c1-7-11(4)19-14(15(17)18-8-2)13(6)12(5)10(3)9-16/h10-14H,7-8H2,1-6H3. The summed E-state index contributed by atoms with van der Waals surface area (Å²) in [7, 11) is 0. The Balaban J connectivity index is 4.91. The third kappa shape index (κ3) is 5.61. The molecule has 4 heteroatoms. The van der Waals surface area contributed by atoms with Crippen LogP contribution in [-0.2, 0) is 14.3 Å². The van der Waals surface area contributed by atoms with Gasteiger partial charge in [0.1, 0.15) is 0 Å². The summed E-state index contributed by atoms with van der Waals surface area (Å²) in [6, 6.07) is 2.23. The van der Waals surface area contributed by atoms with Crippen LogP contribution in [0.2, 0.25) is 0 Å². The van der Waals surface area contributed by atoms with Gasteiger partial charge in [0, 0.05) is 5.92 Å². The number of hydrogen-bond donors (Lipinski definition) is 0. The van der Waals surface area contributed by atoms with Crippen molar-refractivity contribution in [3.63, 3.8) is 0 Å². The molecule has 5 atom stereocenters. The summed E-state index contributed by atoms with van der Waals surface area (Å²) in [6.07, 6.45) is 0.243. The molecular formula is C15H27NO3. The van der Waals surface area contributed by atoms with Crippen molar-refractivity contribution in [1.82, 2.24) is 0 Å². The van der Waals surface area contributed by atoms with Crippen LogP contribution in [0.15, 0.2) is 0 Å². The van der Waals surface area contributed by atoms with Gasteiger partial charge in [-0.2, -0.15) is 5.26 Å². The van der Waals surface area contributed by atoms with Crippen LogP contribution in [0.3, 0.4) is 0 Å². The molecule has 0 rings (SSSR count). The molecule has 0 heterocycles. The van der Waals surface area contributed by atoms with E-state index in [4.69, 9.17) is 14.7 Å². The molecule has 0 spiro atoms. The first-order chi connectivity index (χ1) is 8.88. The number of nitriles is 1. The van der Waals surface area contributed by atoms with Crippen molar-refractivity contribution in [2.24, 2.45) is 17.8 Å². The molecule has 19 heavy (non-hydrogen) atoms. The molecule has 0 bridgehead atoms. The van der Waals surface area contributed by atoms with Gasteiger partial charge in [-0.25, -0.2) is 4.79 Å². The normalized spacial score (nSPS) is 18.8. The number of nitrogens with zero attached hydrogens (tertiary/aromatic N) is 1. The summed E-state index contributed by atoms with van der Waals surface area (Å²) >= 11 is 0. The largest absolute Gasteiger partial charge is 0.464 e. The van der Waals surface area contributed by atoms with Crippen molar-refractivity contribution in [3.8, 4) is 6.07 Å². The molecule has 0 saturated heterocycles. The Kier molecular flexibility index (Phi) is 8.42. The molecule has 0 aliphatic carbocycles. The minimum atomic E-state index is -0.597. The summed E-state index contributed by atoms with van der Waals surface area (Å²) < 4.78 is 10.9. The molecule has 0 aromatic rings. The van der Waals surface area contributed by atoms with Crippen LogP contribution in [0.4, 0.5) is 0 Å². The van der Waals surface area contributed by atoms with Gasteiger partial charge in [0.2, 0.25) is 0 Å². The second kappa shape index (κ2) is 8.92. The van der Waals surface area contributed by atoms with Crippen molar-refractivity contribution < 1.29 is 14.3 Å². The van der Waals surface area contributed by atoms with Crippen LogP contribution in [0.25, 0.3) is 0 Å². The maximum absolute atomic E-state index is 12.0. The Morgan fingerprint density at radius 1 is 1.16 bits per heavy atom. The van der Waals surface area contributed by atoms with Gasteiger partial charge in [0.25, 0.3) is 0 Å². The number of hydrogen-bond acceptors (Lipinski definition) is 4. The third-order valence-electron chi connectivity index (χ3n) is 3.77. The molecule has 110 valence electrons. The van der Waals surface area contributed by atoms with E-state index in [1.54, 1.807) is 6.92 Å². The highest BCUT2D eigenvalue weighted by Gasteiger charge is 2.34. The maximum Gasteiger partial charge on any atom is 0.335 e. The lowest BCUT2D eigenvalue weighted by atomic mass is 9.82. The summed E-state index contributed by atoms with van der Waals surface area (Å²) in [5.74, 6) is -0.425. The van der Waals surface area contributed by atoms with Crippen molar-refractivity contribution in [2.75, 3.05) is 6.61 Å². The average molecular weight is 269 g/mol. The van der Waals surface area contributed by atoms with Gasteiger partial charge in [-0.05, 0) is 39.0 Å². The van der Waals surface area contributed by atoms with Crippen LogP contribution in [0.1, 0.15) is 48.0 Å². The SMILES string of the molecule is CCOC(=O)C(OC(C)CC)C(C)C(C)C(C)C#N. The highest BCUT2D eigenvalue weighted by molar-refractivity contribution is 5.75. The number of carbonyl (C=O) groups is 1. The van der Waals surface area contributed by atoms with Gasteiger partial charge >= 0.3 is 5.97 Å². The zero-order chi connectivity index (χ0) is 15.0. The Morgan fingerprint density at radius 3 is 2.16 bits per heavy atom. The minimum Gasteiger partial charge on any atom is -0.464 e. The number of rotatable bonds is 8. The first kappa shape index (κ1) is 17.9. The first-order valence-electron chi connectivity index (χ1n) is 7.10. The fourth-order valence-corrected chi connectivity index (χ4v) is 1.81. The summed E-state index contributed by atoms with van der Waals surface area (Å²) in [4.78, 5) is 12.0. The molecule has 0 aliphatic rings. The van der Waals surface area contributed by atoms with E-state index in [9.17, 15) is 4.79 Å². The second-order valence-electron chi connectivity index (χ2n) is 5.16. The van der Waals surface area contributed by atoms with E-state index in [1.165, 1.54) is 0 Å². The predicted octanol–water partition coefficient (Wildman–Crippen LogP) is 3.17. The van der Waals surface area contributed by atoms with Gasteiger partial charge < -0.3 is 9.47 Å². The van der Waals surface area contributed by atoms with Crippen molar-refractivity contribution in [2.45, 2.75) is 60.2 Å². The zero-order valence-corrected chi connectivity index (χ0v) is 13.0. The molecule has 0 saturated carbocycles. The minimum absolute atomic E-state index is 0.00134. The Bertz CT molecular complexity index is 311. The summed E-state index contributed by atoms with van der Waals surface area (Å²) in [6.45, 7) is 11.9. The lowest BCUT2D eigenvalue weighted by Gasteiger charge is -2.30. The highest BCUT2D eigenvalue weighted by atomic mass is 16.6. The Labute approximate surface area is 117 Å². The molecule has 0 fully saturated rings. The second-order valence-corrected chi connectivity index (χ2v) is 5.16. The van der Waals surface area contributed by atoms with Gasteiger partial charge in [-0.1, -0.05) is 20.8 Å². The van der Waals surface area contributed by atoms with Gasteiger partial charge in [0.05, 0.1) is 18.8 Å². The predicted molar refractivity (Wildman–Crippen MR) is 74.4 cm³/mol. The van der Waals surface area contributed by atoms with Crippen molar-refractivity contribution in [3.05, 3.63) is 0 Å². The number of esters is 1. The van der Waals surface area contributed by atoms with E-state index in [0.717, 1.165) is 6.42 Å². The highest BCUT2D eigenvalue weighted by Crippen LogP contribution is 2.26. The molecule has 0 radical (unpaired) electrons. The van der Waals surface area contributed by atoms with Gasteiger partial charge in [-0.3, -0.25) is 0 Å². The molecular weight excluding hydrogens is 242 g/mol. The van der Waals surface area contributed by atoms with Crippen LogP contribution >= 0.6 is 0 Å². The molecule has 0 aromatic heterocycles. The zero-order valence-electron chi connectivity index (χ0n) is 13.0. The lowest BCUT2D eigenvalue weighted by Crippen LogP contribution is -2.39. The maximum atomic E-state index is 12.0. The van der Waals surface area contributed by atoms with Crippen LogP contribution in [0.5, 0.6) is 0 Å². The van der Waals surface area contributed by atoms with E-state index in [2.05, 4.69) is 6.07 Å². The third-order valence-corrected chi connectivity index (χ3v) is 3.77. The molecule has 4 nitrogen and oxygen atoms in total. The molecule has 0 amide bonds. The topological polar surface area (TPSA) is 59.3 Å². The smallest absolute Gasteiger partial charge is 0.335 e. The van der Waals surface area contributed by atoms with E-state index in [1.807, 2.05) is 34.6 Å². The van der Waals surface area contributed by atoms with Crippen molar-refractivity contribution >= 4 is 5.97 Å². The van der Waals surface area contributed by atoms with Crippen LogP contribution in [-0.4, -0.2) is 24.8 Å². The fourth-order valence-electron chi connectivity index (χ4n) is 1.81. The molecule has 0 N–H and O–H groups in total. The number of carbonyl (C=O) groups excluding carboxylic acids is 1. The molecule has 5 unspecified atom stereocenters. The summed E-state index contributed by atoms with van der Waals surface area (Å²) in [5, 5.41) is 9.00. The first-order valence-corrected chi connectivity index (χ1v) is 7.10. The summed E-state index contributed by atoms with van der Waals surface area (Å²) in [5.41, 5.74) is 0. The number of ether oxygens (including phenoxy) is 2.